The molecule has 0 bridgehead atoms. The maximum absolute atomic E-state index is 10.1. The number of aliphatic hydroxyl groups is 1. The predicted molar refractivity (Wildman–Crippen MR) is 102 cm³/mol. The third-order valence-corrected chi connectivity index (χ3v) is 4.57. The largest absolute Gasteiger partial charge is 0.508 e. The first-order chi connectivity index (χ1) is 11.6. The van der Waals surface area contributed by atoms with E-state index in [1.807, 2.05) is 12.1 Å². The number of nitrogens with one attached hydrogen (secondary N) is 1. The Morgan fingerprint density at radius 3 is 2.68 bits per heavy atom. The zero-order valence-electron chi connectivity index (χ0n) is 13.8. The maximum atomic E-state index is 10.1. The topological polar surface area (TPSA) is 61.7 Å². The molecule has 6 heteroatoms. The summed E-state index contributed by atoms with van der Waals surface area (Å²) in [7, 11) is 0. The smallest absolute Gasteiger partial charge is 0.119 e. The lowest BCUT2D eigenvalue weighted by Crippen LogP contribution is -2.40. The second-order valence-electron chi connectivity index (χ2n) is 6.22. The normalized spacial score (nSPS) is 17.3. The van der Waals surface area contributed by atoms with Crippen molar-refractivity contribution in [3.8, 4) is 11.5 Å². The summed E-state index contributed by atoms with van der Waals surface area (Å²) in [5.74, 6) is 1.01. The Bertz CT molecular complexity index is 679. The molecular formula is C19H23Cl2NO3. The van der Waals surface area contributed by atoms with Crippen molar-refractivity contribution in [1.82, 2.24) is 5.32 Å². The molecule has 1 aliphatic rings. The molecule has 0 aromatic heterocycles. The molecule has 0 saturated heterocycles. The molecular weight excluding hydrogens is 361 g/mol. The molecule has 2 atom stereocenters. The summed E-state index contributed by atoms with van der Waals surface area (Å²) in [5.41, 5.74) is 2.49. The first kappa shape index (κ1) is 19.9. The van der Waals surface area contributed by atoms with Crippen LogP contribution in [-0.2, 0) is 12.8 Å². The number of aromatic hydroxyl groups is 1. The van der Waals surface area contributed by atoms with Gasteiger partial charge in [0, 0.05) is 17.6 Å². The van der Waals surface area contributed by atoms with E-state index in [4.69, 9.17) is 16.3 Å². The fourth-order valence-corrected chi connectivity index (χ4v) is 3.13. The summed E-state index contributed by atoms with van der Waals surface area (Å²) in [6.45, 7) is 0.713. The molecule has 0 fully saturated rings. The fraction of sp³-hybridized carbons (Fsp3) is 0.368. The highest BCUT2D eigenvalue weighted by Gasteiger charge is 2.19. The lowest BCUT2D eigenvalue weighted by atomic mass is 9.88. The summed E-state index contributed by atoms with van der Waals surface area (Å²) in [4.78, 5) is 0. The molecule has 3 rings (SSSR count). The number of aryl methyl sites for hydroxylation is 1. The van der Waals surface area contributed by atoms with Crippen molar-refractivity contribution in [2.45, 2.75) is 31.4 Å². The molecule has 4 nitrogen and oxygen atoms in total. The van der Waals surface area contributed by atoms with Gasteiger partial charge in [-0.05, 0) is 66.8 Å². The fourth-order valence-electron chi connectivity index (χ4n) is 3.00. The molecule has 0 radical (unpaired) electrons. The number of ether oxygens (including phenoxy) is 1. The molecule has 0 heterocycles. The molecule has 3 N–H and O–H groups in total. The summed E-state index contributed by atoms with van der Waals surface area (Å²) < 4.78 is 5.55. The van der Waals surface area contributed by atoms with Crippen molar-refractivity contribution in [2.24, 2.45) is 0 Å². The number of phenols is 1. The summed E-state index contributed by atoms with van der Waals surface area (Å²) in [5, 5.41) is 23.7. The van der Waals surface area contributed by atoms with Crippen LogP contribution in [0.4, 0.5) is 0 Å². The van der Waals surface area contributed by atoms with Gasteiger partial charge in [0.1, 0.15) is 24.2 Å². The van der Waals surface area contributed by atoms with Crippen LogP contribution in [0.3, 0.4) is 0 Å². The van der Waals surface area contributed by atoms with Crippen molar-refractivity contribution in [2.75, 3.05) is 13.2 Å². The molecule has 2 aromatic rings. The van der Waals surface area contributed by atoms with Crippen LogP contribution < -0.4 is 10.1 Å². The Morgan fingerprint density at radius 1 is 1.16 bits per heavy atom. The van der Waals surface area contributed by atoms with Gasteiger partial charge < -0.3 is 20.3 Å². The molecule has 2 unspecified atom stereocenters. The minimum atomic E-state index is -0.578. The third-order valence-electron chi connectivity index (χ3n) is 4.32. The van der Waals surface area contributed by atoms with Gasteiger partial charge in [0.15, 0.2) is 0 Å². The highest BCUT2D eigenvalue weighted by Crippen LogP contribution is 2.25. The molecule has 0 amide bonds. The van der Waals surface area contributed by atoms with Gasteiger partial charge in [-0.25, -0.2) is 0 Å². The number of halogens is 2. The quantitative estimate of drug-likeness (QED) is 0.715. The highest BCUT2D eigenvalue weighted by molar-refractivity contribution is 6.30. The number of phenolic OH excluding ortho intramolecular Hbond substituents is 1. The van der Waals surface area contributed by atoms with Gasteiger partial charge in [0.2, 0.25) is 0 Å². The minimum Gasteiger partial charge on any atom is -0.508 e. The van der Waals surface area contributed by atoms with E-state index >= 15 is 0 Å². The number of benzene rings is 2. The number of hydrogen-bond acceptors (Lipinski definition) is 4. The first-order valence-corrected chi connectivity index (χ1v) is 8.58. The number of fused-ring (bicyclic) bond motifs is 1. The van der Waals surface area contributed by atoms with E-state index in [0.717, 1.165) is 19.3 Å². The third kappa shape index (κ3) is 5.79. The summed E-state index contributed by atoms with van der Waals surface area (Å²) in [6, 6.07) is 13.0. The van der Waals surface area contributed by atoms with Gasteiger partial charge in [-0.3, -0.25) is 0 Å². The second kappa shape index (κ2) is 9.30. The second-order valence-corrected chi connectivity index (χ2v) is 6.66. The van der Waals surface area contributed by atoms with Gasteiger partial charge in [0.25, 0.3) is 0 Å². The van der Waals surface area contributed by atoms with Crippen LogP contribution in [0, 0.1) is 0 Å². The SMILES string of the molecule is Cl.Oc1ccc2c(c1)CC(NCC(O)COc1ccc(Cl)cc1)CC2. The van der Waals surface area contributed by atoms with Crippen LogP contribution in [0.25, 0.3) is 0 Å². The molecule has 0 aliphatic heterocycles. The van der Waals surface area contributed by atoms with E-state index in [-0.39, 0.29) is 19.0 Å². The van der Waals surface area contributed by atoms with Crippen LogP contribution in [0.1, 0.15) is 17.5 Å². The zero-order valence-corrected chi connectivity index (χ0v) is 15.4. The Hall–Kier alpha value is -1.46. The lowest BCUT2D eigenvalue weighted by Gasteiger charge is -2.26. The Balaban J connectivity index is 0.00000225. The molecule has 1 aliphatic carbocycles. The van der Waals surface area contributed by atoms with Crippen LogP contribution in [0.15, 0.2) is 42.5 Å². The average molecular weight is 384 g/mol. The van der Waals surface area contributed by atoms with Crippen molar-refractivity contribution in [3.05, 3.63) is 58.6 Å². The van der Waals surface area contributed by atoms with E-state index in [1.165, 1.54) is 11.1 Å². The Morgan fingerprint density at radius 2 is 1.92 bits per heavy atom. The average Bonchev–Trinajstić information content (AvgIpc) is 2.59. The molecule has 136 valence electrons. The molecule has 0 spiro atoms. The van der Waals surface area contributed by atoms with Crippen LogP contribution in [0.2, 0.25) is 5.02 Å². The molecule has 0 saturated carbocycles. The number of rotatable bonds is 6. The minimum absolute atomic E-state index is 0. The number of aliphatic hydroxyl groups excluding tert-OH is 1. The van der Waals surface area contributed by atoms with Gasteiger partial charge in [-0.15, -0.1) is 12.4 Å². The Labute approximate surface area is 159 Å². The van der Waals surface area contributed by atoms with Crippen molar-refractivity contribution < 1.29 is 14.9 Å². The van der Waals surface area contributed by atoms with E-state index in [0.29, 0.717) is 29.1 Å². The van der Waals surface area contributed by atoms with Gasteiger partial charge in [-0.2, -0.15) is 0 Å². The van der Waals surface area contributed by atoms with E-state index < -0.39 is 6.10 Å². The lowest BCUT2D eigenvalue weighted by molar-refractivity contribution is 0.103. The number of hydrogen-bond donors (Lipinski definition) is 3. The molecule has 25 heavy (non-hydrogen) atoms. The van der Waals surface area contributed by atoms with Crippen molar-refractivity contribution >= 4 is 24.0 Å². The predicted octanol–water partition coefficient (Wildman–Crippen LogP) is 3.35. The van der Waals surface area contributed by atoms with E-state index in [9.17, 15) is 10.2 Å². The van der Waals surface area contributed by atoms with Gasteiger partial charge >= 0.3 is 0 Å². The van der Waals surface area contributed by atoms with E-state index in [2.05, 4.69) is 5.32 Å². The van der Waals surface area contributed by atoms with Crippen molar-refractivity contribution in [3.63, 3.8) is 0 Å². The maximum Gasteiger partial charge on any atom is 0.119 e. The van der Waals surface area contributed by atoms with Crippen LogP contribution in [0.5, 0.6) is 11.5 Å². The first-order valence-electron chi connectivity index (χ1n) is 8.21. The molecule has 2 aromatic carbocycles. The van der Waals surface area contributed by atoms with Crippen LogP contribution >= 0.6 is 24.0 Å². The summed E-state index contributed by atoms with van der Waals surface area (Å²) in [6.07, 6.45) is 2.31. The Kier molecular flexibility index (Phi) is 7.38. The van der Waals surface area contributed by atoms with Gasteiger partial charge in [0.05, 0.1) is 0 Å². The highest BCUT2D eigenvalue weighted by atomic mass is 35.5. The monoisotopic (exact) mass is 383 g/mol. The zero-order chi connectivity index (χ0) is 16.9. The summed E-state index contributed by atoms with van der Waals surface area (Å²) >= 11 is 5.83. The van der Waals surface area contributed by atoms with E-state index in [1.54, 1.807) is 30.3 Å². The van der Waals surface area contributed by atoms with Gasteiger partial charge in [-0.1, -0.05) is 17.7 Å². The standard InChI is InChI=1S/C19H22ClNO3.ClH/c20-15-3-7-19(8-4-15)24-12-18(23)11-21-16-5-1-13-2-6-17(22)10-14(13)9-16;/h2-4,6-8,10,16,18,21-23H,1,5,9,11-12H2;1H. The van der Waals surface area contributed by atoms with Crippen molar-refractivity contribution in [1.29, 1.82) is 0 Å². The van der Waals surface area contributed by atoms with Crippen LogP contribution in [-0.4, -0.2) is 35.5 Å².